The maximum Gasteiger partial charge on any atom is 0.470 e. The van der Waals surface area contributed by atoms with E-state index in [9.17, 15) is 34.4 Å². The molecule has 6 N–H and O–H groups in total. The van der Waals surface area contributed by atoms with Crippen molar-refractivity contribution in [2.24, 2.45) is 5.92 Å². The Balaban J connectivity index is 2.96. The van der Waals surface area contributed by atoms with E-state index in [4.69, 9.17) is 15.4 Å². The molecule has 1 aliphatic heterocycles. The first-order valence-electron chi connectivity index (χ1n) is 23.7. The van der Waals surface area contributed by atoms with Gasteiger partial charge in [0, 0.05) is 6.42 Å². The van der Waals surface area contributed by atoms with Crippen molar-refractivity contribution in [1.82, 2.24) is 5.32 Å². The van der Waals surface area contributed by atoms with Crippen LogP contribution in [0.1, 0.15) is 220 Å². The van der Waals surface area contributed by atoms with Crippen LogP contribution in [0.4, 0.5) is 0 Å². The number of unbranched alkanes of at least 4 members (excludes halogenated alkanes) is 23. The molecule has 1 amide bonds. The topological polar surface area (TPSA) is 192 Å². The van der Waals surface area contributed by atoms with Gasteiger partial charge in [-0.2, -0.15) is 0 Å². The summed E-state index contributed by atoms with van der Waals surface area (Å²) in [4.78, 5) is 40.9. The lowest BCUT2D eigenvalue weighted by Gasteiger charge is -2.43. The highest BCUT2D eigenvalue weighted by molar-refractivity contribution is 7.46. The van der Waals surface area contributed by atoms with Crippen molar-refractivity contribution in [3.05, 3.63) is 0 Å². The number of nitrogens with one attached hydrogen (secondary N) is 1. The van der Waals surface area contributed by atoms with E-state index in [0.717, 1.165) is 77.0 Å². The molecule has 8 atom stereocenters. The summed E-state index contributed by atoms with van der Waals surface area (Å²) in [5.74, 6) is -1.27. The summed E-state index contributed by atoms with van der Waals surface area (Å²) in [6.45, 7) is 5.82. The molecule has 338 valence electrons. The second-order valence-corrected chi connectivity index (χ2v) is 17.9. The molecule has 0 spiro atoms. The van der Waals surface area contributed by atoms with Crippen LogP contribution in [0.3, 0.4) is 0 Å². The molecule has 0 aliphatic carbocycles. The molecule has 3 unspecified atom stereocenters. The van der Waals surface area contributed by atoms with Crippen molar-refractivity contribution >= 4 is 19.7 Å². The van der Waals surface area contributed by atoms with Gasteiger partial charge in [0.05, 0.1) is 19.1 Å². The summed E-state index contributed by atoms with van der Waals surface area (Å²) >= 11 is 0. The highest BCUT2D eigenvalue weighted by atomic mass is 31.2. The number of hydrogen-bond donors (Lipinski definition) is 6. The van der Waals surface area contributed by atoms with E-state index >= 15 is 0 Å². The van der Waals surface area contributed by atoms with Gasteiger partial charge >= 0.3 is 13.8 Å². The summed E-state index contributed by atoms with van der Waals surface area (Å²) in [6, 6.07) is -1.47. The van der Waals surface area contributed by atoms with Gasteiger partial charge in [0.15, 0.2) is 12.4 Å². The van der Waals surface area contributed by atoms with E-state index < -0.39 is 63.1 Å². The van der Waals surface area contributed by atoms with Gasteiger partial charge in [-0.15, -0.1) is 0 Å². The first-order valence-corrected chi connectivity index (χ1v) is 24.8. The lowest BCUT2D eigenvalue weighted by Crippen LogP contribution is -2.65. The lowest BCUT2D eigenvalue weighted by molar-refractivity contribution is -0.256. The van der Waals surface area contributed by atoms with E-state index in [2.05, 4.69) is 31.0 Å². The second-order valence-electron chi connectivity index (χ2n) is 16.8. The van der Waals surface area contributed by atoms with Crippen LogP contribution in [0.15, 0.2) is 0 Å². The predicted octanol–water partition coefficient (Wildman–Crippen LogP) is 9.70. The van der Waals surface area contributed by atoms with Crippen molar-refractivity contribution in [3.63, 3.8) is 0 Å². The van der Waals surface area contributed by atoms with Crippen molar-refractivity contribution in [1.29, 1.82) is 1.43 Å². The number of rotatable bonds is 39. The molecule has 0 aromatic heterocycles. The summed E-state index contributed by atoms with van der Waals surface area (Å²) in [5, 5.41) is 34.3. The third kappa shape index (κ3) is 28.1. The third-order valence-electron chi connectivity index (χ3n) is 11.4. The number of amides is 1. The van der Waals surface area contributed by atoms with Crippen molar-refractivity contribution < 1.29 is 53.3 Å². The number of hydrogen-bond acceptors (Lipinski definition) is 10. The molecule has 0 saturated carbocycles. The number of ether oxygens (including phenoxy) is 2. The highest BCUT2D eigenvalue weighted by Crippen LogP contribution is 2.42. The van der Waals surface area contributed by atoms with E-state index in [1.807, 2.05) is 0 Å². The van der Waals surface area contributed by atoms with Crippen LogP contribution in [-0.2, 0) is 28.2 Å². The Morgan fingerprint density at radius 3 is 1.53 bits per heavy atom. The zero-order valence-corrected chi connectivity index (χ0v) is 37.2. The maximum absolute atomic E-state index is 13.7. The Morgan fingerprint density at radius 2 is 1.11 bits per heavy atom. The van der Waals surface area contributed by atoms with Crippen LogP contribution in [0, 0.1) is 5.92 Å². The van der Waals surface area contributed by atoms with Crippen LogP contribution in [0.2, 0.25) is 0 Å². The Hall–Kier alpha value is -1.11. The van der Waals surface area contributed by atoms with Crippen molar-refractivity contribution in [3.8, 4) is 0 Å². The van der Waals surface area contributed by atoms with Crippen LogP contribution in [-0.4, -0.2) is 81.8 Å². The van der Waals surface area contributed by atoms with Gasteiger partial charge in [-0.1, -0.05) is 188 Å². The van der Waals surface area contributed by atoms with Crippen LogP contribution in [0.25, 0.3) is 0 Å². The Morgan fingerprint density at radius 1 is 0.684 bits per heavy atom. The predicted molar refractivity (Wildman–Crippen MR) is 226 cm³/mol. The number of phosphoric ester groups is 1. The Kier molecular flexibility index (Phi) is 31.6. The zero-order valence-electron chi connectivity index (χ0n) is 37.3. The fraction of sp³-hybridized carbons (Fsp3) is 0.955. The van der Waals surface area contributed by atoms with E-state index in [0.29, 0.717) is 6.42 Å². The minimum Gasteiger partial charge on any atom is -0.457 e. The molecule has 1 fully saturated rings. The van der Waals surface area contributed by atoms with Gasteiger partial charge in [-0.25, -0.2) is 4.57 Å². The molecule has 57 heavy (non-hydrogen) atoms. The molecule has 1 heterocycles. The van der Waals surface area contributed by atoms with Crippen molar-refractivity contribution in [2.45, 2.75) is 257 Å². The minimum atomic E-state index is -5.05. The average Bonchev–Trinajstić information content (AvgIpc) is 3.19. The molecule has 1 aliphatic rings. The molecule has 0 aromatic carbocycles. The quantitative estimate of drug-likeness (QED) is 0.0196. The molecule has 13 heteroatoms. The molecule has 1 rings (SSSR count). The van der Waals surface area contributed by atoms with E-state index in [-0.39, 0.29) is 18.8 Å². The third-order valence-corrected chi connectivity index (χ3v) is 11.9. The van der Waals surface area contributed by atoms with Crippen molar-refractivity contribution in [2.75, 3.05) is 6.61 Å². The molecular weight excluding hydrogens is 749 g/mol. The smallest absolute Gasteiger partial charge is 0.457 e. The van der Waals surface area contributed by atoms with Gasteiger partial charge < -0.3 is 39.9 Å². The van der Waals surface area contributed by atoms with E-state index in [1.165, 1.54) is 103 Å². The number of aliphatic hydroxyl groups excluding tert-OH is 3. The number of carbonyl (C=O) groups is 2. The van der Waals surface area contributed by atoms with Gasteiger partial charge in [0.1, 0.15) is 18.2 Å². The van der Waals surface area contributed by atoms with Gasteiger partial charge in [0.25, 0.3) is 0 Å². The normalized spacial score (nSPS) is 22.1. The zero-order chi connectivity index (χ0) is 42.9. The number of carbonyl (C=O) groups excluding carboxylic acids is 2. The molecule has 1 saturated heterocycles. The Labute approximate surface area is 348 Å². The minimum absolute atomic E-state index is 0.0275. The van der Waals surface area contributed by atoms with Gasteiger partial charge in [0.2, 0.25) is 7.34 Å². The second kappa shape index (κ2) is 34.6. The Bertz CT molecular complexity index is 1060. The van der Waals surface area contributed by atoms with Crippen LogP contribution in [0.5, 0.6) is 0 Å². The number of esters is 1. The fourth-order valence-electron chi connectivity index (χ4n) is 7.99. The molecule has 0 aromatic rings. The number of aliphatic hydroxyl groups is 3. The van der Waals surface area contributed by atoms with Crippen LogP contribution >= 0.6 is 7.82 Å². The molecular formula is C44H86NO11P. The molecule has 0 radical (unpaired) electrons. The number of phosphoric acid groups is 1. The van der Waals surface area contributed by atoms with Gasteiger partial charge in [-0.3, -0.25) is 14.1 Å². The highest BCUT2D eigenvalue weighted by Gasteiger charge is 2.51. The largest absolute Gasteiger partial charge is 0.470 e. The molecule has 0 bridgehead atoms. The standard InChI is InChI=1S/C44H86NO11P/c1-4-7-10-13-16-18-20-22-25-28-31-36(30-27-24-21-15-12-9-6-3)33-40(49)55-43-41(44(50)54-38(35-46)42(43)56-57(51,52)53)45-39(48)34-37(47)32-29-26-23-19-17-14-11-8-5-2/h36-38,41-44,46-47,50H,4-35H2,1-3H3,(H,45,48)(H2,51,52,53)/t36?,37-,38-,41-,42-,43-,44?/m1/s1/i/hD. The summed E-state index contributed by atoms with van der Waals surface area (Å²) in [6.07, 6.45) is 24.6. The van der Waals surface area contributed by atoms with Gasteiger partial charge in [-0.05, 0) is 25.2 Å². The summed E-state index contributed by atoms with van der Waals surface area (Å²) in [5.41, 5.74) is 0. The lowest BCUT2D eigenvalue weighted by atomic mass is 9.91. The van der Waals surface area contributed by atoms with Crippen LogP contribution < -0.4 is 5.32 Å². The first-order chi connectivity index (χ1) is 28.0. The first kappa shape index (κ1) is 52.0. The maximum atomic E-state index is 13.7. The average molecular weight is 837 g/mol. The SMILES string of the molecule is [2H]OP(=O)(O)O[C@H]1[C@H](OC(=O)CC(CCCCCCCCC)CCCCCCCCCCCC)[C@@H](NC(=O)C[C@H](O)CCCCCCCCCCC)C(O)O[C@@H]1CO. The monoisotopic (exact) mass is 837 g/mol. The van der Waals surface area contributed by atoms with E-state index in [1.54, 1.807) is 0 Å². The fourth-order valence-corrected chi connectivity index (χ4v) is 8.55. The summed E-state index contributed by atoms with van der Waals surface area (Å²) in [7, 11) is -5.05. The molecule has 12 nitrogen and oxygen atoms in total. The summed E-state index contributed by atoms with van der Waals surface area (Å²) < 4.78 is 36.1.